The lowest BCUT2D eigenvalue weighted by atomic mass is 9.95. The summed E-state index contributed by atoms with van der Waals surface area (Å²) < 4.78 is 19.1. The number of rotatable bonds is 2. The summed E-state index contributed by atoms with van der Waals surface area (Å²) in [6.45, 7) is 4.22. The van der Waals surface area contributed by atoms with Crippen molar-refractivity contribution >= 4 is 17.4 Å². The number of aromatic nitrogens is 1. The molecule has 0 saturated carbocycles. The van der Waals surface area contributed by atoms with Crippen LogP contribution in [0.4, 0.5) is 10.1 Å². The normalized spacial score (nSPS) is 19.3. The maximum absolute atomic E-state index is 13.9. The maximum Gasteiger partial charge on any atom is 0.352 e. The summed E-state index contributed by atoms with van der Waals surface area (Å²) in [5.74, 6) is -0.437. The molecule has 1 aromatic carbocycles. The van der Waals surface area contributed by atoms with E-state index in [1.165, 1.54) is 12.1 Å². The molecular formula is C21H23FN2O2. The van der Waals surface area contributed by atoms with Gasteiger partial charge in [0, 0.05) is 17.5 Å². The van der Waals surface area contributed by atoms with Crippen molar-refractivity contribution < 1.29 is 13.9 Å². The zero-order chi connectivity index (χ0) is 18.5. The number of aliphatic imine (C=N–C) groups is 1. The predicted molar refractivity (Wildman–Crippen MR) is 100 cm³/mol. The first kappa shape index (κ1) is 18.2. The van der Waals surface area contributed by atoms with Crippen LogP contribution in [0.1, 0.15) is 51.1 Å². The van der Waals surface area contributed by atoms with Crippen LogP contribution in [0.5, 0.6) is 0 Å². The van der Waals surface area contributed by atoms with Gasteiger partial charge in [0.15, 0.2) is 0 Å². The highest BCUT2D eigenvalue weighted by molar-refractivity contribution is 6.37. The Morgan fingerprint density at radius 1 is 1.27 bits per heavy atom. The van der Waals surface area contributed by atoms with Gasteiger partial charge in [-0.2, -0.15) is 0 Å². The van der Waals surface area contributed by atoms with Crippen LogP contribution in [-0.2, 0) is 9.53 Å². The van der Waals surface area contributed by atoms with Gasteiger partial charge in [-0.3, -0.25) is 4.98 Å². The third kappa shape index (κ3) is 4.15. The second-order valence-corrected chi connectivity index (χ2v) is 6.56. The van der Waals surface area contributed by atoms with Crippen molar-refractivity contribution in [1.82, 2.24) is 4.98 Å². The van der Waals surface area contributed by atoms with Gasteiger partial charge in [0.1, 0.15) is 11.5 Å². The Balaban J connectivity index is 2.15. The molecular weight excluding hydrogens is 331 g/mol. The molecule has 136 valence electrons. The van der Waals surface area contributed by atoms with Gasteiger partial charge in [0.05, 0.1) is 12.3 Å². The molecule has 0 N–H and O–H groups in total. The number of fused-ring (bicyclic) bond motifs is 4. The van der Waals surface area contributed by atoms with Crippen molar-refractivity contribution in [3.8, 4) is 11.1 Å². The van der Waals surface area contributed by atoms with Gasteiger partial charge in [0.25, 0.3) is 0 Å². The molecule has 0 spiro atoms. The number of ether oxygens (including phenoxy) is 1. The van der Waals surface area contributed by atoms with Crippen LogP contribution in [0, 0.1) is 5.82 Å². The molecule has 1 atom stereocenters. The zero-order valence-electron chi connectivity index (χ0n) is 15.2. The number of halogens is 1. The lowest BCUT2D eigenvalue weighted by Gasteiger charge is -2.15. The van der Waals surface area contributed by atoms with Crippen LogP contribution < -0.4 is 0 Å². The van der Waals surface area contributed by atoms with Crippen molar-refractivity contribution in [2.45, 2.75) is 45.4 Å². The smallest absolute Gasteiger partial charge is 0.352 e. The van der Waals surface area contributed by atoms with E-state index in [9.17, 15) is 9.18 Å². The second kappa shape index (κ2) is 8.21. The van der Waals surface area contributed by atoms with E-state index in [2.05, 4.69) is 16.9 Å². The van der Waals surface area contributed by atoms with Crippen molar-refractivity contribution in [1.29, 1.82) is 0 Å². The molecule has 5 heteroatoms. The Morgan fingerprint density at radius 2 is 2.12 bits per heavy atom. The minimum absolute atomic E-state index is 0.300. The monoisotopic (exact) mass is 354 g/mol. The van der Waals surface area contributed by atoms with Crippen molar-refractivity contribution in [2.24, 2.45) is 4.99 Å². The molecule has 0 fully saturated rings. The molecule has 26 heavy (non-hydrogen) atoms. The molecule has 2 bridgehead atoms. The summed E-state index contributed by atoms with van der Waals surface area (Å²) in [5, 5.41) is 0. The Morgan fingerprint density at radius 3 is 2.92 bits per heavy atom. The molecule has 3 rings (SSSR count). The predicted octanol–water partition coefficient (Wildman–Crippen LogP) is 5.20. The first-order chi connectivity index (χ1) is 12.6. The summed E-state index contributed by atoms with van der Waals surface area (Å²) in [7, 11) is 0. The molecule has 0 aliphatic carbocycles. The highest BCUT2D eigenvalue weighted by Crippen LogP contribution is 2.34. The molecule has 1 unspecified atom stereocenters. The minimum Gasteiger partial charge on any atom is -0.462 e. The molecule has 1 aliphatic heterocycles. The van der Waals surface area contributed by atoms with Crippen LogP contribution in [0.15, 0.2) is 41.5 Å². The molecule has 1 aliphatic rings. The molecule has 0 saturated heterocycles. The molecule has 0 amide bonds. The number of nitrogens with zero attached hydrogens (tertiary/aromatic N) is 2. The van der Waals surface area contributed by atoms with Crippen LogP contribution in [0.25, 0.3) is 11.1 Å². The first-order valence-corrected chi connectivity index (χ1v) is 9.09. The third-order valence-corrected chi connectivity index (χ3v) is 4.62. The fraction of sp³-hybridized carbons (Fsp3) is 0.381. The number of pyridine rings is 1. The highest BCUT2D eigenvalue weighted by atomic mass is 19.1. The van der Waals surface area contributed by atoms with Crippen LogP contribution in [-0.4, -0.2) is 23.3 Å². The number of carbonyl (C=O) groups is 1. The van der Waals surface area contributed by atoms with E-state index < -0.39 is 5.97 Å². The van der Waals surface area contributed by atoms with Gasteiger partial charge in [0.2, 0.25) is 0 Å². The molecule has 0 radical (unpaired) electrons. The molecule has 1 aromatic heterocycles. The number of hydrogen-bond donors (Lipinski definition) is 0. The highest BCUT2D eigenvalue weighted by Gasteiger charge is 2.17. The van der Waals surface area contributed by atoms with Crippen molar-refractivity contribution in [3.63, 3.8) is 0 Å². The maximum atomic E-state index is 13.9. The second-order valence-electron chi connectivity index (χ2n) is 6.56. The average molecular weight is 354 g/mol. The fourth-order valence-corrected chi connectivity index (χ4v) is 3.18. The minimum atomic E-state index is -0.400. The van der Waals surface area contributed by atoms with Crippen LogP contribution in [0.2, 0.25) is 0 Å². The number of carbonyl (C=O) groups excluding carboxylic acids is 1. The van der Waals surface area contributed by atoms with E-state index in [1.807, 2.05) is 12.1 Å². The van der Waals surface area contributed by atoms with Gasteiger partial charge in [-0.1, -0.05) is 13.3 Å². The van der Waals surface area contributed by atoms with Gasteiger partial charge in [-0.25, -0.2) is 14.2 Å². The van der Waals surface area contributed by atoms with E-state index in [0.717, 1.165) is 30.5 Å². The average Bonchev–Trinajstić information content (AvgIpc) is 2.64. The SMILES string of the molecule is CCOC(=O)/C1=N\c2ccc(F)cc2-c2ccnc(c2)C(C)CCCC1. The molecule has 4 nitrogen and oxygen atoms in total. The Bertz CT molecular complexity index is 833. The molecule has 2 aromatic rings. The van der Waals surface area contributed by atoms with E-state index in [4.69, 9.17) is 4.74 Å². The Kier molecular flexibility index (Phi) is 5.76. The topological polar surface area (TPSA) is 51.5 Å². The van der Waals surface area contributed by atoms with Crippen LogP contribution in [0.3, 0.4) is 0 Å². The summed E-state index contributed by atoms with van der Waals surface area (Å²) in [6, 6.07) is 8.27. The Hall–Kier alpha value is -2.56. The number of hydrogen-bond acceptors (Lipinski definition) is 4. The summed E-state index contributed by atoms with van der Waals surface area (Å²) >= 11 is 0. The van der Waals surface area contributed by atoms with Crippen molar-refractivity contribution in [3.05, 3.63) is 48.0 Å². The van der Waals surface area contributed by atoms with E-state index in [-0.39, 0.29) is 5.82 Å². The fourth-order valence-electron chi connectivity index (χ4n) is 3.18. The zero-order valence-corrected chi connectivity index (χ0v) is 15.2. The third-order valence-electron chi connectivity index (χ3n) is 4.62. The standard InChI is InChI=1S/C21H23FN2O2/c1-3-26-21(25)19-7-5-4-6-14(2)20-12-15(10-11-23-20)17-13-16(22)8-9-18(17)24-19/h8-14H,3-7H2,1-2H3/b24-19-. The largest absolute Gasteiger partial charge is 0.462 e. The lowest BCUT2D eigenvalue weighted by Crippen LogP contribution is -2.17. The summed E-state index contributed by atoms with van der Waals surface area (Å²) in [4.78, 5) is 21.3. The van der Waals surface area contributed by atoms with Gasteiger partial charge in [-0.15, -0.1) is 0 Å². The Labute approximate surface area is 153 Å². The van der Waals surface area contributed by atoms with Crippen molar-refractivity contribution in [2.75, 3.05) is 6.61 Å². The van der Waals surface area contributed by atoms with E-state index in [0.29, 0.717) is 35.9 Å². The number of benzene rings is 1. The van der Waals surface area contributed by atoms with Gasteiger partial charge in [-0.05, 0) is 68.0 Å². The van der Waals surface area contributed by atoms with E-state index in [1.54, 1.807) is 19.2 Å². The summed E-state index contributed by atoms with van der Waals surface area (Å²) in [6.07, 6.45) is 5.09. The first-order valence-electron chi connectivity index (χ1n) is 9.09. The number of esters is 1. The quantitative estimate of drug-likeness (QED) is 0.697. The van der Waals surface area contributed by atoms with E-state index >= 15 is 0 Å². The lowest BCUT2D eigenvalue weighted by molar-refractivity contribution is -0.135. The van der Waals surface area contributed by atoms with Gasteiger partial charge < -0.3 is 4.74 Å². The molecule has 2 heterocycles. The van der Waals surface area contributed by atoms with Crippen LogP contribution >= 0.6 is 0 Å². The van der Waals surface area contributed by atoms with Gasteiger partial charge >= 0.3 is 5.97 Å². The summed E-state index contributed by atoms with van der Waals surface area (Å²) in [5.41, 5.74) is 3.46.